The van der Waals surface area contributed by atoms with Crippen LogP contribution in [0.4, 0.5) is 22.4 Å². The minimum Gasteiger partial charge on any atom is -0.465 e. The number of amides is 1. The van der Waals surface area contributed by atoms with Crippen molar-refractivity contribution in [3.63, 3.8) is 0 Å². The molecule has 2 heterocycles. The molecule has 0 spiro atoms. The molecule has 0 saturated heterocycles. The summed E-state index contributed by atoms with van der Waals surface area (Å²) in [4.78, 5) is 19.2. The molecule has 0 aliphatic carbocycles. The topological polar surface area (TPSA) is 137 Å². The highest BCUT2D eigenvalue weighted by atomic mass is 35.5. The van der Waals surface area contributed by atoms with Crippen molar-refractivity contribution in [2.45, 2.75) is 78.6 Å². The van der Waals surface area contributed by atoms with E-state index in [0.29, 0.717) is 42.5 Å². The quantitative estimate of drug-likeness (QED) is 0.127. The first-order chi connectivity index (χ1) is 21.3. The Hall–Kier alpha value is -3.75. The summed E-state index contributed by atoms with van der Waals surface area (Å²) in [6.45, 7) is 11.9. The summed E-state index contributed by atoms with van der Waals surface area (Å²) in [6.07, 6.45) is 0.121. The van der Waals surface area contributed by atoms with Crippen LogP contribution in [0.5, 0.6) is 0 Å². The lowest BCUT2D eigenvalue weighted by Crippen LogP contribution is -2.43. The van der Waals surface area contributed by atoms with Crippen LogP contribution < -0.4 is 11.1 Å². The van der Waals surface area contributed by atoms with Crippen LogP contribution in [0.1, 0.15) is 52.2 Å². The maximum Gasteiger partial charge on any atom is 0.405 e. The highest BCUT2D eigenvalue weighted by Gasteiger charge is 2.21. The lowest BCUT2D eigenvalue weighted by molar-refractivity contribution is 0.179. The number of hydrogen-bond acceptors (Lipinski definition) is 6. The molecule has 0 fully saturated rings. The summed E-state index contributed by atoms with van der Waals surface area (Å²) in [5, 5.41) is 19.9. The van der Waals surface area contributed by atoms with Gasteiger partial charge in [0.15, 0.2) is 11.6 Å². The van der Waals surface area contributed by atoms with E-state index in [0.717, 1.165) is 30.7 Å². The number of nitrogens with two attached hydrogens (primary N) is 1. The summed E-state index contributed by atoms with van der Waals surface area (Å²) in [6, 6.07) is 6.37. The molecule has 252 valence electrons. The molecule has 0 saturated carbocycles. The van der Waals surface area contributed by atoms with E-state index in [1.54, 1.807) is 37.1 Å². The van der Waals surface area contributed by atoms with Crippen LogP contribution in [0, 0.1) is 37.1 Å². The second kappa shape index (κ2) is 16.7. The molecule has 10 nitrogen and oxygen atoms in total. The number of carbonyl (C=O) groups is 1. The molecule has 4 N–H and O–H groups in total. The van der Waals surface area contributed by atoms with Crippen LogP contribution in [0.3, 0.4) is 0 Å². The molecular formula is C30H38Cl2F4N8O2. The number of aryl methyl sites for hydroxylation is 4. The van der Waals surface area contributed by atoms with Gasteiger partial charge in [0.25, 0.3) is 0 Å². The van der Waals surface area contributed by atoms with E-state index in [-0.39, 0.29) is 22.3 Å². The number of alkyl halides is 2. The lowest BCUT2D eigenvalue weighted by atomic mass is 10.0. The van der Waals surface area contributed by atoms with Crippen LogP contribution in [-0.2, 0) is 13.1 Å². The number of nitrogens with one attached hydrogen (secondary N) is 1. The molecule has 1 amide bonds. The average molecular weight is 690 g/mol. The Kier molecular flexibility index (Phi) is 14.0. The maximum atomic E-state index is 13.3. The monoisotopic (exact) mass is 688 g/mol. The Balaban J connectivity index is 0.000000297. The Morgan fingerprint density at radius 3 is 1.46 bits per heavy atom. The third kappa shape index (κ3) is 12.9. The van der Waals surface area contributed by atoms with Crippen molar-refractivity contribution < 1.29 is 27.5 Å². The van der Waals surface area contributed by atoms with E-state index in [1.807, 2.05) is 13.8 Å². The Morgan fingerprint density at radius 2 is 1.13 bits per heavy atom. The van der Waals surface area contributed by atoms with Gasteiger partial charge in [0, 0.05) is 47.4 Å². The minimum atomic E-state index is -1.10. The third-order valence-corrected chi connectivity index (χ3v) is 6.32. The fourth-order valence-corrected chi connectivity index (χ4v) is 4.01. The van der Waals surface area contributed by atoms with E-state index in [4.69, 9.17) is 34.0 Å². The molecule has 2 aromatic carbocycles. The second-order valence-electron chi connectivity index (χ2n) is 11.6. The predicted molar refractivity (Wildman–Crippen MR) is 170 cm³/mol. The standard InChI is InChI=1S/C15H18F2N4O2.C14H18F2N4.CH2Cl2/c1-9-18-13(10-6-11(16)8-12(17)7-10)20-21(9)5-4-15(2,3)19-14(22)23;1-9-18-13(10-6-11(15)8-12(16)7-10)19-20(9)5-4-14(2,3)17;2-1-3/h6-8,19H,4-5H2,1-3H3,(H,22,23);6-8H,4-5,17H2,1-3H3;1H2. The first kappa shape index (κ1) is 38.4. The van der Waals surface area contributed by atoms with Gasteiger partial charge in [-0.05, 0) is 78.6 Å². The zero-order valence-electron chi connectivity index (χ0n) is 26.4. The van der Waals surface area contributed by atoms with Gasteiger partial charge in [-0.25, -0.2) is 41.7 Å². The Labute approximate surface area is 274 Å². The average Bonchev–Trinajstić information content (AvgIpc) is 3.47. The number of nitrogens with zero attached hydrogens (tertiary/aromatic N) is 6. The van der Waals surface area contributed by atoms with Gasteiger partial charge in [0.2, 0.25) is 0 Å². The number of benzene rings is 2. The molecule has 4 aromatic rings. The van der Waals surface area contributed by atoms with E-state index in [2.05, 4.69) is 25.5 Å². The summed E-state index contributed by atoms with van der Waals surface area (Å²) >= 11 is 9.53. The highest BCUT2D eigenvalue weighted by Crippen LogP contribution is 2.21. The van der Waals surface area contributed by atoms with E-state index in [9.17, 15) is 22.4 Å². The first-order valence-corrected chi connectivity index (χ1v) is 15.1. The van der Waals surface area contributed by atoms with Crippen molar-refractivity contribution in [1.82, 2.24) is 34.8 Å². The van der Waals surface area contributed by atoms with Gasteiger partial charge in [-0.3, -0.25) is 0 Å². The smallest absolute Gasteiger partial charge is 0.405 e. The highest BCUT2D eigenvalue weighted by molar-refractivity contribution is 6.40. The van der Waals surface area contributed by atoms with E-state index >= 15 is 0 Å². The van der Waals surface area contributed by atoms with Crippen molar-refractivity contribution in [3.05, 3.63) is 71.3 Å². The largest absolute Gasteiger partial charge is 0.465 e. The van der Waals surface area contributed by atoms with Crippen molar-refractivity contribution in [2.24, 2.45) is 5.73 Å². The molecule has 0 aliphatic rings. The SMILES string of the molecule is Cc1nc(-c2cc(F)cc(F)c2)nn1CCC(C)(C)N.Cc1nc(-c2cc(F)cc(F)c2)nn1CCC(C)(C)NC(=O)O.ClCCl. The van der Waals surface area contributed by atoms with Crippen molar-refractivity contribution in [2.75, 3.05) is 5.34 Å². The molecule has 0 radical (unpaired) electrons. The number of carboxylic acid groups (broad SMARTS) is 1. The number of halogens is 6. The van der Waals surface area contributed by atoms with Gasteiger partial charge in [-0.1, -0.05) is 0 Å². The first-order valence-electron chi connectivity index (χ1n) is 14.0. The number of rotatable bonds is 9. The Morgan fingerprint density at radius 1 is 0.783 bits per heavy atom. The summed E-state index contributed by atoms with van der Waals surface area (Å²) < 4.78 is 56.3. The Bertz CT molecular complexity index is 1570. The normalized spacial score (nSPS) is 11.3. The predicted octanol–water partition coefficient (Wildman–Crippen LogP) is 7.05. The van der Waals surface area contributed by atoms with Crippen LogP contribution in [0.15, 0.2) is 36.4 Å². The van der Waals surface area contributed by atoms with Gasteiger partial charge >= 0.3 is 6.09 Å². The minimum absolute atomic E-state index is 0.194. The van der Waals surface area contributed by atoms with Gasteiger partial charge in [0.05, 0.1) is 5.34 Å². The van der Waals surface area contributed by atoms with Gasteiger partial charge < -0.3 is 16.2 Å². The molecule has 0 bridgehead atoms. The van der Waals surface area contributed by atoms with Crippen molar-refractivity contribution in [3.8, 4) is 22.8 Å². The van der Waals surface area contributed by atoms with Crippen molar-refractivity contribution in [1.29, 1.82) is 0 Å². The van der Waals surface area contributed by atoms with E-state index < -0.39 is 34.9 Å². The molecular weight excluding hydrogens is 651 g/mol. The fraction of sp³-hybridized carbons (Fsp3) is 0.433. The maximum absolute atomic E-state index is 13.3. The molecule has 16 heteroatoms. The van der Waals surface area contributed by atoms with E-state index in [1.165, 1.54) is 12.1 Å². The van der Waals surface area contributed by atoms with Crippen molar-refractivity contribution >= 4 is 29.3 Å². The molecule has 4 rings (SSSR count). The lowest BCUT2D eigenvalue weighted by Gasteiger charge is -2.24. The second-order valence-corrected chi connectivity index (χ2v) is 12.4. The zero-order chi connectivity index (χ0) is 34.8. The molecule has 0 atom stereocenters. The molecule has 0 aliphatic heterocycles. The summed E-state index contributed by atoms with van der Waals surface area (Å²) in [5.74, 6) is -0.860. The fourth-order valence-electron chi connectivity index (χ4n) is 4.01. The van der Waals surface area contributed by atoms with Crippen LogP contribution >= 0.6 is 23.2 Å². The van der Waals surface area contributed by atoms with Gasteiger partial charge in [-0.15, -0.1) is 23.2 Å². The van der Waals surface area contributed by atoms with Gasteiger partial charge in [-0.2, -0.15) is 10.2 Å². The molecule has 0 unspecified atom stereocenters. The third-order valence-electron chi connectivity index (χ3n) is 6.32. The number of aromatic nitrogens is 6. The summed E-state index contributed by atoms with van der Waals surface area (Å²) in [5.41, 5.74) is 5.59. The van der Waals surface area contributed by atoms with Gasteiger partial charge in [0.1, 0.15) is 34.9 Å². The zero-order valence-corrected chi connectivity index (χ0v) is 27.9. The summed E-state index contributed by atoms with van der Waals surface area (Å²) in [7, 11) is 0. The molecule has 2 aromatic heterocycles. The van der Waals surface area contributed by atoms with Crippen LogP contribution in [0.2, 0.25) is 0 Å². The number of hydrogen-bond donors (Lipinski definition) is 3. The van der Waals surface area contributed by atoms with Crippen LogP contribution in [-0.4, -0.2) is 57.1 Å². The van der Waals surface area contributed by atoms with Crippen LogP contribution in [0.25, 0.3) is 22.8 Å². The molecule has 46 heavy (non-hydrogen) atoms.